The van der Waals surface area contributed by atoms with Gasteiger partial charge in [-0.15, -0.1) is 0 Å². The molecule has 0 aliphatic carbocycles. The molecule has 0 saturated heterocycles. The molecule has 0 bridgehead atoms. The Bertz CT molecular complexity index is 825. The molecule has 0 heterocycles. The molecule has 0 amide bonds. The van der Waals surface area contributed by atoms with Gasteiger partial charge in [0, 0.05) is 10.9 Å². The second kappa shape index (κ2) is 10.1. The molecule has 0 aliphatic heterocycles. The van der Waals surface area contributed by atoms with E-state index < -0.39 is 10.4 Å². The molecule has 2 aromatic rings. The minimum Gasteiger partial charge on any atom is -0.726 e. The van der Waals surface area contributed by atoms with E-state index in [4.69, 9.17) is 4.74 Å². The molecule has 0 aromatic heterocycles. The molecule has 0 N–H and O–H groups in total. The van der Waals surface area contributed by atoms with Gasteiger partial charge in [-0.25, -0.2) is 13.2 Å². The molecule has 0 aliphatic rings. The molecular weight excluding hydrogens is 376 g/mol. The van der Waals surface area contributed by atoms with E-state index in [2.05, 4.69) is 23.3 Å². The van der Waals surface area contributed by atoms with Crippen LogP contribution >= 0.6 is 0 Å². The Morgan fingerprint density at radius 1 is 1.08 bits per heavy atom. The van der Waals surface area contributed by atoms with Gasteiger partial charge in [0.2, 0.25) is 10.4 Å². The molecule has 0 spiro atoms. The summed E-state index contributed by atoms with van der Waals surface area (Å²) in [6.45, 7) is 3.68. The summed E-state index contributed by atoms with van der Waals surface area (Å²) < 4.78 is 36.4. The van der Waals surface area contributed by atoms with Crippen molar-refractivity contribution >= 4 is 33.3 Å². The Morgan fingerprint density at radius 3 is 1.96 bits per heavy atom. The highest BCUT2D eigenvalue weighted by Gasteiger charge is 2.11. The van der Waals surface area contributed by atoms with Crippen LogP contribution in [0.25, 0.3) is 6.08 Å². The Hall–Kier alpha value is -2.13. The van der Waals surface area contributed by atoms with E-state index in [0.29, 0.717) is 11.3 Å². The maximum atomic E-state index is 12.0. The second-order valence-corrected chi connectivity index (χ2v) is 8.33. The van der Waals surface area contributed by atoms with Crippen LogP contribution in [-0.4, -0.2) is 38.6 Å². The average Bonchev–Trinajstić information content (AvgIpc) is 2.62. The van der Waals surface area contributed by atoms with Crippen LogP contribution < -0.4 is 4.74 Å². The summed E-state index contributed by atoms with van der Waals surface area (Å²) in [5.41, 5.74) is 1.51. The van der Waals surface area contributed by atoms with Crippen molar-refractivity contribution in [1.29, 1.82) is 0 Å². The van der Waals surface area contributed by atoms with Crippen LogP contribution in [0.3, 0.4) is 0 Å². The maximum absolute atomic E-state index is 12.0. The number of ether oxygens (including phenoxy) is 1. The van der Waals surface area contributed by atoms with E-state index in [1.54, 1.807) is 18.2 Å². The first-order valence-corrected chi connectivity index (χ1v) is 10.7. The van der Waals surface area contributed by atoms with Gasteiger partial charge in [-0.05, 0) is 42.0 Å². The number of esters is 1. The van der Waals surface area contributed by atoms with Gasteiger partial charge in [0.25, 0.3) is 0 Å². The summed E-state index contributed by atoms with van der Waals surface area (Å²) in [4.78, 5) is 13.2. The van der Waals surface area contributed by atoms with Crippen LogP contribution in [0.15, 0.2) is 60.0 Å². The lowest BCUT2D eigenvalue weighted by Crippen LogP contribution is -2.08. The zero-order valence-electron chi connectivity index (χ0n) is 14.7. The van der Waals surface area contributed by atoms with Gasteiger partial charge >= 0.3 is 5.97 Å². The predicted octanol–water partition coefficient (Wildman–Crippen LogP) is 2.88. The molecule has 26 heavy (non-hydrogen) atoms. The summed E-state index contributed by atoms with van der Waals surface area (Å²) >= 11 is 0. The van der Waals surface area contributed by atoms with Crippen LogP contribution in [0.2, 0.25) is 0 Å². The van der Waals surface area contributed by atoms with E-state index in [9.17, 15) is 17.8 Å². The third-order valence-corrected chi connectivity index (χ3v) is 4.72. The van der Waals surface area contributed by atoms with Crippen LogP contribution in [0.1, 0.15) is 15.9 Å². The summed E-state index contributed by atoms with van der Waals surface area (Å²) in [6.07, 6.45) is 6.05. The molecule has 0 radical (unpaired) electrons. The van der Waals surface area contributed by atoms with Crippen molar-refractivity contribution in [3.63, 3.8) is 0 Å². The first-order valence-electron chi connectivity index (χ1n) is 7.30. The number of hydrogen-bond donors (Lipinski definition) is 0. The van der Waals surface area contributed by atoms with Gasteiger partial charge in [0.05, 0.1) is 12.7 Å². The quantitative estimate of drug-likeness (QED) is 0.254. The molecule has 0 fully saturated rings. The molecule has 0 unspecified atom stereocenters. The summed E-state index contributed by atoms with van der Waals surface area (Å²) in [5, 5.41) is 0. The van der Waals surface area contributed by atoms with Crippen LogP contribution in [-0.2, 0) is 25.5 Å². The van der Waals surface area contributed by atoms with Crippen molar-refractivity contribution in [2.24, 2.45) is 0 Å². The molecule has 0 atom stereocenters. The van der Waals surface area contributed by atoms with Crippen molar-refractivity contribution < 1.29 is 26.7 Å². The van der Waals surface area contributed by atoms with E-state index >= 15 is 0 Å². The Kier molecular flexibility index (Phi) is 8.53. The number of rotatable bonds is 5. The Balaban J connectivity index is 0.000000487. The lowest BCUT2D eigenvalue weighted by molar-refractivity contribution is 0.0734. The third kappa shape index (κ3) is 7.83. The summed E-state index contributed by atoms with van der Waals surface area (Å²) in [7, 11) is -3.39. The first kappa shape index (κ1) is 21.9. The summed E-state index contributed by atoms with van der Waals surface area (Å²) in [5.74, 6) is 0.220. The summed E-state index contributed by atoms with van der Waals surface area (Å²) in [6, 6.07) is 14.8. The smallest absolute Gasteiger partial charge is 0.343 e. The molecule has 8 heteroatoms. The highest BCUT2D eigenvalue weighted by Crippen LogP contribution is 2.17. The van der Waals surface area contributed by atoms with Gasteiger partial charge in [-0.3, -0.25) is 4.18 Å². The highest BCUT2D eigenvalue weighted by atomic mass is 32.3. The van der Waals surface area contributed by atoms with Crippen molar-refractivity contribution in [1.82, 2.24) is 0 Å². The number of benzene rings is 2. The maximum Gasteiger partial charge on any atom is 0.343 e. The van der Waals surface area contributed by atoms with E-state index in [-0.39, 0.29) is 16.9 Å². The zero-order chi connectivity index (χ0) is 19.7. The van der Waals surface area contributed by atoms with Gasteiger partial charge in [0.1, 0.15) is 18.3 Å². The molecule has 0 saturated carbocycles. The first-order chi connectivity index (χ1) is 12.2. The van der Waals surface area contributed by atoms with Gasteiger partial charge < -0.3 is 9.29 Å². The fourth-order valence-corrected chi connectivity index (χ4v) is 2.38. The SMILES string of the molecule is C=Cc1ccc(C(=O)Oc2ccc([S+](C)C)cc2)cc1.COS(=O)(=O)[O-]. The van der Waals surface area contributed by atoms with Gasteiger partial charge in [0.15, 0.2) is 4.90 Å². The lowest BCUT2D eigenvalue weighted by atomic mass is 10.1. The van der Waals surface area contributed by atoms with Crippen molar-refractivity contribution in [2.45, 2.75) is 4.90 Å². The molecule has 2 aromatic carbocycles. The number of hydrogen-bond acceptors (Lipinski definition) is 6. The Morgan fingerprint density at radius 2 is 1.58 bits per heavy atom. The third-order valence-electron chi connectivity index (χ3n) is 3.09. The normalized spacial score (nSPS) is 10.7. The standard InChI is InChI=1S/C17H17O2S.CH4O4S/c1-4-13-5-7-14(8-6-13)17(18)19-15-9-11-16(12-10-15)20(2)3;1-5-6(2,3)4/h4-12H,1H2,2-3H3;1H3,(H,2,3,4)/q+1;/p-1. The predicted molar refractivity (Wildman–Crippen MR) is 102 cm³/mol. The van der Waals surface area contributed by atoms with Crippen molar-refractivity contribution in [2.75, 3.05) is 19.6 Å². The van der Waals surface area contributed by atoms with E-state index in [1.165, 1.54) is 4.90 Å². The van der Waals surface area contributed by atoms with Gasteiger partial charge in [-0.1, -0.05) is 24.8 Å². The fourth-order valence-electron chi connectivity index (χ4n) is 1.70. The molecule has 2 rings (SSSR count). The van der Waals surface area contributed by atoms with Gasteiger partial charge in [-0.2, -0.15) is 0 Å². The Labute approximate surface area is 156 Å². The number of carbonyl (C=O) groups is 1. The monoisotopic (exact) mass is 396 g/mol. The van der Waals surface area contributed by atoms with Crippen molar-refractivity contribution in [3.05, 3.63) is 66.2 Å². The zero-order valence-corrected chi connectivity index (χ0v) is 16.3. The average molecular weight is 396 g/mol. The molecular formula is C18H20O6S2. The van der Waals surface area contributed by atoms with E-state index in [1.807, 2.05) is 36.4 Å². The lowest BCUT2D eigenvalue weighted by Gasteiger charge is -2.05. The topological polar surface area (TPSA) is 92.7 Å². The fraction of sp³-hybridized carbons (Fsp3) is 0.167. The molecule has 140 valence electrons. The van der Waals surface area contributed by atoms with Crippen LogP contribution in [0.5, 0.6) is 5.75 Å². The molecule has 6 nitrogen and oxygen atoms in total. The minimum absolute atomic E-state index is 0.210. The second-order valence-electron chi connectivity index (χ2n) is 5.08. The van der Waals surface area contributed by atoms with E-state index in [0.717, 1.165) is 12.7 Å². The van der Waals surface area contributed by atoms with Crippen LogP contribution in [0.4, 0.5) is 0 Å². The van der Waals surface area contributed by atoms with Crippen LogP contribution in [0, 0.1) is 0 Å². The largest absolute Gasteiger partial charge is 0.726 e. The minimum atomic E-state index is -4.41. The number of carbonyl (C=O) groups excluding carboxylic acids is 1. The highest BCUT2D eigenvalue weighted by molar-refractivity contribution is 7.95. The van der Waals surface area contributed by atoms with Crippen molar-refractivity contribution in [3.8, 4) is 5.75 Å².